The van der Waals surface area contributed by atoms with Crippen LogP contribution >= 0.6 is 23.8 Å². The molecule has 0 unspecified atom stereocenters. The zero-order chi connectivity index (χ0) is 13.4. The molecule has 88 valence electrons. The van der Waals surface area contributed by atoms with Crippen molar-refractivity contribution in [3.63, 3.8) is 0 Å². The van der Waals surface area contributed by atoms with Crippen LogP contribution in [0.1, 0.15) is 29.8 Å². The van der Waals surface area contributed by atoms with Crippen molar-refractivity contribution in [2.45, 2.75) is 20.8 Å². The van der Waals surface area contributed by atoms with Gasteiger partial charge in [0.05, 0.1) is 5.56 Å². The maximum Gasteiger partial charge on any atom is 0.275 e. The molecule has 0 aromatic heterocycles. The minimum absolute atomic E-state index is 0.000967. The van der Waals surface area contributed by atoms with E-state index in [1.165, 1.54) is 23.8 Å². The Morgan fingerprint density at radius 1 is 1.50 bits per heavy atom. The number of carbonyl (C=O) groups is 1. The van der Waals surface area contributed by atoms with Crippen LogP contribution in [0.15, 0.2) is 23.3 Å². The zero-order valence-corrected chi connectivity index (χ0v) is 11.6. The number of aromatic hydroxyl groups is 1. The van der Waals surface area contributed by atoms with E-state index in [2.05, 4.69) is 10.5 Å². The number of nitrogens with one attached hydrogen (secondary N) is 1. The van der Waals surface area contributed by atoms with E-state index in [1.54, 1.807) is 39.0 Å². The zero-order valence-electron chi connectivity index (χ0n) is 10.4. The lowest BCUT2D eigenvalue weighted by Gasteiger charge is -2.05. The molecule has 16 heavy (non-hydrogen) atoms. The van der Waals surface area contributed by atoms with Gasteiger partial charge in [-0.1, -0.05) is 12.1 Å². The van der Waals surface area contributed by atoms with Crippen molar-refractivity contribution in [1.29, 1.82) is 0.594 Å². The molecule has 0 saturated carbocycles. The molecule has 0 aliphatic rings. The number of nitrogens with zero attached hydrogens (tertiary/aromatic N) is 1. The highest BCUT2D eigenvalue weighted by Crippen LogP contribution is 2.20. The number of phenols is 1. The summed E-state index contributed by atoms with van der Waals surface area (Å²) in [5.41, 5.74) is 4.00. The Bertz CT molecular complexity index is 418. The van der Waals surface area contributed by atoms with Gasteiger partial charge in [0.1, 0.15) is 6.34 Å². The van der Waals surface area contributed by atoms with E-state index in [9.17, 15) is 9.90 Å². The van der Waals surface area contributed by atoms with Crippen molar-refractivity contribution >= 4 is 35.4 Å². The molecule has 0 atom stereocenters. The Balaban J connectivity index is 0.00000121. The third-order valence-electron chi connectivity index (χ3n) is 1.86. The van der Waals surface area contributed by atoms with Crippen LogP contribution in [0.2, 0.25) is 0 Å². The number of halogens is 1. The van der Waals surface area contributed by atoms with Crippen LogP contribution in [0.4, 0.5) is 0 Å². The molecule has 0 heterocycles. The Labute approximate surface area is 112 Å². The second-order valence-corrected chi connectivity index (χ2v) is 3.47. The molecule has 0 fully saturated rings. The van der Waals surface area contributed by atoms with Gasteiger partial charge in [0, 0.05) is 5.71 Å². The maximum atomic E-state index is 11.5. The van der Waals surface area contributed by atoms with E-state index >= 15 is 0 Å². The SMILES string of the molecule is CC(C)=NNC(=O)c1cccc(C)c1O.[2H]I. The maximum absolute atomic E-state index is 11.5. The van der Waals surface area contributed by atoms with Gasteiger partial charge in [-0.2, -0.15) is 5.10 Å². The van der Waals surface area contributed by atoms with E-state index in [4.69, 9.17) is 0.594 Å². The molecule has 4 nitrogen and oxygen atoms in total. The minimum Gasteiger partial charge on any atom is -0.507 e. The van der Waals surface area contributed by atoms with Crippen LogP contribution in [0, 0.1) is 6.92 Å². The first-order valence-electron chi connectivity index (χ1n) is 5.00. The lowest BCUT2D eigenvalue weighted by molar-refractivity contribution is 0.0952. The van der Waals surface area contributed by atoms with Gasteiger partial charge in [0.15, 0.2) is 0 Å². The summed E-state index contributed by atoms with van der Waals surface area (Å²) >= 11 is 1.40. The minimum atomic E-state index is -0.405. The van der Waals surface area contributed by atoms with Gasteiger partial charge in [0.2, 0.25) is 0 Å². The summed E-state index contributed by atoms with van der Waals surface area (Å²) in [5, 5.41) is 13.4. The molecule has 0 saturated heterocycles. The second-order valence-electron chi connectivity index (χ2n) is 3.47. The third-order valence-corrected chi connectivity index (χ3v) is 1.86. The van der Waals surface area contributed by atoms with Crippen molar-refractivity contribution in [2.24, 2.45) is 5.10 Å². The standard InChI is InChI=1S/C11H14N2O2.HI/c1-7(2)12-13-11(15)9-6-4-5-8(3)10(9)14;/h4-6,14H,1-3H3,(H,13,15);1H/i/hD. The van der Waals surface area contributed by atoms with Gasteiger partial charge in [-0.15, -0.1) is 23.8 Å². The fourth-order valence-electron chi connectivity index (χ4n) is 1.06. The number of carbonyl (C=O) groups excluding carboxylic acids is 1. The number of phenolic OH excluding ortho intramolecular Hbond substituents is 1. The predicted molar refractivity (Wildman–Crippen MR) is 74.5 cm³/mol. The van der Waals surface area contributed by atoms with Crippen LogP contribution in [-0.2, 0) is 0 Å². The number of aryl methyl sites for hydroxylation is 1. The van der Waals surface area contributed by atoms with Crippen LogP contribution in [0.25, 0.3) is 0 Å². The third kappa shape index (κ3) is 3.80. The Kier molecular flexibility index (Phi) is 5.24. The number of benzene rings is 1. The topological polar surface area (TPSA) is 61.7 Å². The van der Waals surface area contributed by atoms with Gasteiger partial charge >= 0.3 is 0 Å². The van der Waals surface area contributed by atoms with Crippen LogP contribution in [0.5, 0.6) is 5.75 Å². The van der Waals surface area contributed by atoms with Crippen molar-refractivity contribution in [1.82, 2.24) is 5.43 Å². The van der Waals surface area contributed by atoms with E-state index < -0.39 is 5.91 Å². The smallest absolute Gasteiger partial charge is 0.275 e. The van der Waals surface area contributed by atoms with E-state index in [1.807, 2.05) is 0 Å². The molecule has 1 rings (SSSR count). The molecule has 1 aromatic carbocycles. The molecule has 1 amide bonds. The van der Waals surface area contributed by atoms with Crippen LogP contribution in [0.3, 0.4) is 0 Å². The molecule has 2 N–H and O–H groups in total. The first-order valence-corrected chi connectivity index (χ1v) is 4.62. The summed E-state index contributed by atoms with van der Waals surface area (Å²) in [6, 6.07) is 5.01. The van der Waals surface area contributed by atoms with Crippen molar-refractivity contribution in [2.75, 3.05) is 0 Å². The van der Waals surface area contributed by atoms with Crippen molar-refractivity contribution in [3.05, 3.63) is 29.3 Å². The predicted octanol–water partition coefficient (Wildman–Crippen LogP) is 2.44. The largest absolute Gasteiger partial charge is 0.507 e. The van der Waals surface area contributed by atoms with Gasteiger partial charge < -0.3 is 5.11 Å². The van der Waals surface area contributed by atoms with E-state index in [0.29, 0.717) is 5.56 Å². The van der Waals surface area contributed by atoms with Gasteiger partial charge in [-0.05, 0) is 32.4 Å². The number of hydrogen-bond donors (Lipinski definition) is 2. The molecule has 0 aliphatic heterocycles. The highest BCUT2D eigenvalue weighted by atomic mass is 127. The number of hydrazone groups is 1. The monoisotopic (exact) mass is 335 g/mol. The number of para-hydroxylation sites is 1. The highest BCUT2D eigenvalue weighted by Gasteiger charge is 2.11. The first-order chi connectivity index (χ1) is 8.02. The summed E-state index contributed by atoms with van der Waals surface area (Å²) in [6.07, 6.45) is 0. The second kappa shape index (κ2) is 6.47. The summed E-state index contributed by atoms with van der Waals surface area (Å²) in [5.74, 6) is -0.406. The lowest BCUT2D eigenvalue weighted by atomic mass is 10.1. The van der Waals surface area contributed by atoms with Crippen LogP contribution < -0.4 is 5.43 Å². The van der Waals surface area contributed by atoms with Crippen molar-refractivity contribution in [3.8, 4) is 5.75 Å². The Morgan fingerprint density at radius 2 is 2.12 bits per heavy atom. The number of rotatable bonds is 2. The fraction of sp³-hybridized carbons (Fsp3) is 0.273. The summed E-state index contributed by atoms with van der Waals surface area (Å²) in [6.45, 7) is 5.28. The molecule has 0 radical (unpaired) electrons. The summed E-state index contributed by atoms with van der Waals surface area (Å²) in [4.78, 5) is 11.5. The quantitative estimate of drug-likeness (QED) is 0.495. The average molecular weight is 335 g/mol. The first kappa shape index (κ1) is 13.0. The molecular weight excluding hydrogens is 319 g/mol. The van der Waals surface area contributed by atoms with E-state index in [0.717, 1.165) is 5.71 Å². The van der Waals surface area contributed by atoms with Gasteiger partial charge in [0.25, 0.3) is 5.91 Å². The molecular formula is C11H15IN2O2. The molecule has 1 aromatic rings. The molecule has 5 heteroatoms. The lowest BCUT2D eigenvalue weighted by Crippen LogP contribution is -2.18. The fourth-order valence-corrected chi connectivity index (χ4v) is 1.06. The normalized spacial score (nSPS) is 9.38. The molecule has 0 bridgehead atoms. The average Bonchev–Trinajstić information content (AvgIpc) is 2.32. The molecule has 0 aliphatic carbocycles. The number of hydrogen-bond acceptors (Lipinski definition) is 3. The highest BCUT2D eigenvalue weighted by molar-refractivity contribution is 14.0. The number of amides is 1. The Hall–Kier alpha value is -1.11. The van der Waals surface area contributed by atoms with E-state index in [-0.39, 0.29) is 11.3 Å². The Morgan fingerprint density at radius 3 is 2.69 bits per heavy atom. The van der Waals surface area contributed by atoms with Gasteiger partial charge in [-0.3, -0.25) is 4.79 Å². The summed E-state index contributed by atoms with van der Waals surface area (Å²) in [7, 11) is 0. The van der Waals surface area contributed by atoms with Crippen molar-refractivity contribution < 1.29 is 9.90 Å². The summed E-state index contributed by atoms with van der Waals surface area (Å²) < 4.78 is 5.72. The van der Waals surface area contributed by atoms with Gasteiger partial charge in [-0.25, -0.2) is 5.43 Å². The van der Waals surface area contributed by atoms with Crippen LogP contribution in [-0.4, -0.2) is 17.3 Å². The molecule has 0 spiro atoms.